The lowest BCUT2D eigenvalue weighted by molar-refractivity contribution is -0.114. The maximum Gasteiger partial charge on any atom is 0.221 e. The van der Waals surface area contributed by atoms with E-state index in [0.29, 0.717) is 0 Å². The van der Waals surface area contributed by atoms with Crippen molar-refractivity contribution in [2.75, 3.05) is 5.32 Å². The van der Waals surface area contributed by atoms with Crippen LogP contribution in [0.4, 0.5) is 5.69 Å². The molecule has 2 nitrogen and oxygen atoms in total. The Labute approximate surface area is 89.7 Å². The van der Waals surface area contributed by atoms with E-state index in [9.17, 15) is 4.79 Å². The van der Waals surface area contributed by atoms with Gasteiger partial charge in [0.05, 0.1) is 5.41 Å². The van der Waals surface area contributed by atoms with Crippen molar-refractivity contribution in [3.8, 4) is 12.3 Å². The lowest BCUT2D eigenvalue weighted by Crippen LogP contribution is -2.07. The van der Waals surface area contributed by atoms with E-state index in [2.05, 4.69) is 11.2 Å². The first kappa shape index (κ1) is 9.79. The molecule has 1 aliphatic carbocycles. The fourth-order valence-corrected chi connectivity index (χ4v) is 1.72. The molecule has 1 aliphatic rings. The largest absolute Gasteiger partial charge is 0.326 e. The van der Waals surface area contributed by atoms with Crippen LogP contribution in [0.5, 0.6) is 0 Å². The van der Waals surface area contributed by atoms with Crippen LogP contribution in [0, 0.1) is 12.3 Å². The van der Waals surface area contributed by atoms with Gasteiger partial charge in [0.15, 0.2) is 0 Å². The third kappa shape index (κ3) is 1.87. The number of hydrogen-bond acceptors (Lipinski definition) is 1. The second-order valence-electron chi connectivity index (χ2n) is 3.98. The number of nitrogens with one attached hydrogen (secondary N) is 1. The Kier molecular flexibility index (Phi) is 2.24. The van der Waals surface area contributed by atoms with Crippen molar-refractivity contribution in [1.82, 2.24) is 0 Å². The second-order valence-corrected chi connectivity index (χ2v) is 3.98. The quantitative estimate of drug-likeness (QED) is 0.727. The van der Waals surface area contributed by atoms with Gasteiger partial charge >= 0.3 is 0 Å². The van der Waals surface area contributed by atoms with Crippen molar-refractivity contribution in [3.63, 3.8) is 0 Å². The number of rotatable bonds is 2. The maximum absolute atomic E-state index is 10.8. The molecule has 0 unspecified atom stereocenters. The van der Waals surface area contributed by atoms with Crippen LogP contribution < -0.4 is 5.32 Å². The van der Waals surface area contributed by atoms with Gasteiger partial charge in [-0.05, 0) is 30.5 Å². The molecule has 0 aromatic heterocycles. The third-order valence-electron chi connectivity index (χ3n) is 2.78. The predicted molar refractivity (Wildman–Crippen MR) is 60.5 cm³/mol. The molecule has 2 heteroatoms. The molecule has 1 saturated carbocycles. The number of carbonyl (C=O) groups excluding carboxylic acids is 1. The molecule has 0 saturated heterocycles. The minimum Gasteiger partial charge on any atom is -0.326 e. The number of hydrogen-bond donors (Lipinski definition) is 1. The Hall–Kier alpha value is -1.75. The van der Waals surface area contributed by atoms with Crippen LogP contribution in [0.2, 0.25) is 0 Å². The van der Waals surface area contributed by atoms with E-state index < -0.39 is 0 Å². The Morgan fingerprint density at radius 1 is 1.40 bits per heavy atom. The SMILES string of the molecule is C#CC1(c2ccc(NC(C)=O)cc2)CC1. The van der Waals surface area contributed by atoms with E-state index >= 15 is 0 Å². The number of benzene rings is 1. The van der Waals surface area contributed by atoms with Crippen LogP contribution in [-0.4, -0.2) is 5.91 Å². The topological polar surface area (TPSA) is 29.1 Å². The van der Waals surface area contributed by atoms with E-state index in [0.717, 1.165) is 18.5 Å². The number of amides is 1. The molecular formula is C13H13NO. The van der Waals surface area contributed by atoms with Crippen LogP contribution in [0.1, 0.15) is 25.3 Å². The van der Waals surface area contributed by atoms with Gasteiger partial charge in [-0.1, -0.05) is 18.1 Å². The van der Waals surface area contributed by atoms with E-state index in [1.54, 1.807) is 0 Å². The summed E-state index contributed by atoms with van der Waals surface area (Å²) in [4.78, 5) is 10.8. The first-order chi connectivity index (χ1) is 7.16. The monoisotopic (exact) mass is 199 g/mol. The van der Waals surface area contributed by atoms with Crippen LogP contribution in [0.15, 0.2) is 24.3 Å². The average molecular weight is 199 g/mol. The first-order valence-electron chi connectivity index (χ1n) is 5.02. The van der Waals surface area contributed by atoms with Crippen molar-refractivity contribution in [2.45, 2.75) is 25.2 Å². The predicted octanol–water partition coefficient (Wildman–Crippen LogP) is 2.31. The molecule has 1 N–H and O–H groups in total. The highest BCUT2D eigenvalue weighted by atomic mass is 16.1. The van der Waals surface area contributed by atoms with Crippen molar-refractivity contribution in [3.05, 3.63) is 29.8 Å². The summed E-state index contributed by atoms with van der Waals surface area (Å²) in [6, 6.07) is 7.79. The van der Waals surface area contributed by atoms with Gasteiger partial charge in [0.2, 0.25) is 5.91 Å². The molecule has 1 aromatic rings. The smallest absolute Gasteiger partial charge is 0.221 e. The van der Waals surface area contributed by atoms with Crippen molar-refractivity contribution >= 4 is 11.6 Å². The summed E-state index contributed by atoms with van der Waals surface area (Å²) in [6.45, 7) is 1.50. The number of carbonyl (C=O) groups is 1. The summed E-state index contributed by atoms with van der Waals surface area (Å²) in [5.74, 6) is 2.79. The molecule has 15 heavy (non-hydrogen) atoms. The molecule has 0 heterocycles. The Morgan fingerprint density at radius 2 is 2.00 bits per heavy atom. The van der Waals surface area contributed by atoms with Crippen LogP contribution in [0.3, 0.4) is 0 Å². The molecular weight excluding hydrogens is 186 g/mol. The Morgan fingerprint density at radius 3 is 2.40 bits per heavy atom. The molecule has 0 aliphatic heterocycles. The summed E-state index contributed by atoms with van der Waals surface area (Å²) in [5, 5.41) is 2.73. The van der Waals surface area contributed by atoms with Gasteiger partial charge in [-0.25, -0.2) is 0 Å². The van der Waals surface area contributed by atoms with Gasteiger partial charge < -0.3 is 5.32 Å². The normalized spacial score (nSPS) is 16.5. The van der Waals surface area contributed by atoms with Gasteiger partial charge in [-0.15, -0.1) is 6.42 Å². The zero-order chi connectivity index (χ0) is 10.9. The minimum absolute atomic E-state index is 0.0191. The molecule has 0 spiro atoms. The van der Waals surface area contributed by atoms with E-state index in [1.807, 2.05) is 24.3 Å². The molecule has 76 valence electrons. The van der Waals surface area contributed by atoms with Gasteiger partial charge in [0.1, 0.15) is 0 Å². The summed E-state index contributed by atoms with van der Waals surface area (Å²) < 4.78 is 0. The molecule has 1 amide bonds. The summed E-state index contributed by atoms with van der Waals surface area (Å²) in [5.41, 5.74) is 1.98. The van der Waals surface area contributed by atoms with Crippen molar-refractivity contribution in [2.24, 2.45) is 0 Å². The fraction of sp³-hybridized carbons (Fsp3) is 0.308. The molecule has 2 rings (SSSR count). The molecule has 1 aromatic carbocycles. The second kappa shape index (κ2) is 3.43. The van der Waals surface area contributed by atoms with Gasteiger partial charge in [0, 0.05) is 12.6 Å². The summed E-state index contributed by atoms with van der Waals surface area (Å²) in [6.07, 6.45) is 7.64. The van der Waals surface area contributed by atoms with Gasteiger partial charge in [-0.2, -0.15) is 0 Å². The molecule has 0 atom stereocenters. The first-order valence-corrected chi connectivity index (χ1v) is 5.02. The van der Waals surface area contributed by atoms with E-state index in [-0.39, 0.29) is 11.3 Å². The highest BCUT2D eigenvalue weighted by Gasteiger charge is 2.42. The maximum atomic E-state index is 10.8. The summed E-state index contributed by atoms with van der Waals surface area (Å²) in [7, 11) is 0. The van der Waals surface area contributed by atoms with Crippen LogP contribution >= 0.6 is 0 Å². The van der Waals surface area contributed by atoms with Crippen molar-refractivity contribution in [1.29, 1.82) is 0 Å². The van der Waals surface area contributed by atoms with E-state index in [4.69, 9.17) is 6.42 Å². The number of anilines is 1. The Balaban J connectivity index is 2.18. The minimum atomic E-state index is -0.0548. The zero-order valence-electron chi connectivity index (χ0n) is 8.71. The fourth-order valence-electron chi connectivity index (χ4n) is 1.72. The van der Waals surface area contributed by atoms with Gasteiger partial charge in [0.25, 0.3) is 0 Å². The standard InChI is InChI=1S/C13H13NO/c1-3-13(8-9-13)11-4-6-12(7-5-11)14-10(2)15/h1,4-7H,8-9H2,2H3,(H,14,15). The lowest BCUT2D eigenvalue weighted by atomic mass is 9.97. The van der Waals surface area contributed by atoms with Gasteiger partial charge in [-0.3, -0.25) is 4.79 Å². The lowest BCUT2D eigenvalue weighted by Gasteiger charge is -2.09. The van der Waals surface area contributed by atoms with E-state index in [1.165, 1.54) is 12.5 Å². The summed E-state index contributed by atoms with van der Waals surface area (Å²) >= 11 is 0. The third-order valence-corrected chi connectivity index (χ3v) is 2.78. The van der Waals surface area contributed by atoms with Crippen molar-refractivity contribution < 1.29 is 4.79 Å². The molecule has 1 fully saturated rings. The van der Waals surface area contributed by atoms with Crippen LogP contribution in [0.25, 0.3) is 0 Å². The zero-order valence-corrected chi connectivity index (χ0v) is 8.71. The highest BCUT2D eigenvalue weighted by Crippen LogP contribution is 2.47. The number of terminal acetylenes is 1. The Bertz CT molecular complexity index is 421. The highest BCUT2D eigenvalue weighted by molar-refractivity contribution is 5.88. The van der Waals surface area contributed by atoms with Crippen LogP contribution in [-0.2, 0) is 10.2 Å². The molecule has 0 bridgehead atoms. The molecule has 0 radical (unpaired) electrons. The average Bonchev–Trinajstić information content (AvgIpc) is 2.99.